The second-order valence-electron chi connectivity index (χ2n) is 3.71. The van der Waals surface area contributed by atoms with Crippen LogP contribution in [0.15, 0.2) is 42.5 Å². The van der Waals surface area contributed by atoms with Gasteiger partial charge in [0.2, 0.25) is 0 Å². The molecule has 0 saturated heterocycles. The molecule has 0 spiro atoms. The van der Waals surface area contributed by atoms with E-state index >= 15 is 0 Å². The Balaban J connectivity index is 2.04. The summed E-state index contributed by atoms with van der Waals surface area (Å²) in [6, 6.07) is 12.7. The summed E-state index contributed by atoms with van der Waals surface area (Å²) >= 11 is 5.80. The highest BCUT2D eigenvalue weighted by Crippen LogP contribution is 2.24. The third-order valence-corrected chi connectivity index (χ3v) is 2.59. The molecule has 0 atom stereocenters. The summed E-state index contributed by atoms with van der Waals surface area (Å²) in [5.74, 6) is 0.633. The third-order valence-electron chi connectivity index (χ3n) is 2.34. The summed E-state index contributed by atoms with van der Waals surface area (Å²) in [4.78, 5) is 0. The van der Waals surface area contributed by atoms with Gasteiger partial charge >= 0.3 is 0 Å². The quantitative estimate of drug-likeness (QED) is 0.821. The minimum Gasteiger partial charge on any atom is -0.487 e. The van der Waals surface area contributed by atoms with Crippen LogP contribution in [-0.4, -0.2) is 0 Å². The molecule has 4 N–H and O–H groups in total. The molecule has 2 aromatic rings. The summed E-state index contributed by atoms with van der Waals surface area (Å²) in [6.07, 6.45) is 0. The highest BCUT2D eigenvalue weighted by Gasteiger charge is 2.01. The smallest absolute Gasteiger partial charge is 0.142 e. The lowest BCUT2D eigenvalue weighted by molar-refractivity contribution is 0.308. The molecule has 0 aromatic heterocycles. The summed E-state index contributed by atoms with van der Waals surface area (Å²) in [5.41, 5.74) is 13.6. The van der Waals surface area contributed by atoms with Gasteiger partial charge < -0.3 is 16.2 Å². The van der Waals surface area contributed by atoms with E-state index in [0.29, 0.717) is 28.8 Å². The van der Waals surface area contributed by atoms with Crippen molar-refractivity contribution in [1.29, 1.82) is 0 Å². The highest BCUT2D eigenvalue weighted by molar-refractivity contribution is 6.30. The fourth-order valence-electron chi connectivity index (χ4n) is 1.44. The molecular weight excluding hydrogens is 236 g/mol. The van der Waals surface area contributed by atoms with E-state index in [1.165, 1.54) is 0 Å². The van der Waals surface area contributed by atoms with Gasteiger partial charge in [-0.05, 0) is 35.9 Å². The number of rotatable bonds is 3. The molecule has 3 nitrogen and oxygen atoms in total. The number of benzene rings is 2. The van der Waals surface area contributed by atoms with Gasteiger partial charge in [-0.25, -0.2) is 0 Å². The van der Waals surface area contributed by atoms with Crippen molar-refractivity contribution < 1.29 is 4.74 Å². The van der Waals surface area contributed by atoms with E-state index in [1.54, 1.807) is 18.2 Å². The van der Waals surface area contributed by atoms with Crippen molar-refractivity contribution in [3.05, 3.63) is 53.1 Å². The van der Waals surface area contributed by atoms with Crippen LogP contribution in [0.25, 0.3) is 0 Å². The number of hydrogen-bond acceptors (Lipinski definition) is 3. The summed E-state index contributed by atoms with van der Waals surface area (Å²) in [7, 11) is 0. The van der Waals surface area contributed by atoms with Crippen molar-refractivity contribution in [3.8, 4) is 5.75 Å². The average Bonchev–Trinajstić information content (AvgIpc) is 2.30. The van der Waals surface area contributed by atoms with Crippen molar-refractivity contribution in [1.82, 2.24) is 0 Å². The third kappa shape index (κ3) is 3.04. The molecule has 17 heavy (non-hydrogen) atoms. The molecule has 0 saturated carbocycles. The van der Waals surface area contributed by atoms with E-state index in [0.717, 1.165) is 5.56 Å². The number of nitrogens with two attached hydrogens (primary N) is 2. The lowest BCUT2D eigenvalue weighted by Crippen LogP contribution is -1.99. The fourth-order valence-corrected chi connectivity index (χ4v) is 1.57. The Kier molecular flexibility index (Phi) is 3.40. The van der Waals surface area contributed by atoms with Crippen molar-refractivity contribution in [2.75, 3.05) is 11.5 Å². The van der Waals surface area contributed by atoms with Crippen LogP contribution in [0.4, 0.5) is 11.4 Å². The minimum absolute atomic E-state index is 0.450. The first-order chi connectivity index (χ1) is 8.15. The van der Waals surface area contributed by atoms with Gasteiger partial charge in [0.15, 0.2) is 0 Å². The van der Waals surface area contributed by atoms with Gasteiger partial charge in [0.1, 0.15) is 12.4 Å². The maximum Gasteiger partial charge on any atom is 0.142 e. The molecule has 0 fully saturated rings. The molecule has 0 radical (unpaired) electrons. The highest BCUT2D eigenvalue weighted by atomic mass is 35.5. The van der Waals surface area contributed by atoms with Gasteiger partial charge in [0, 0.05) is 10.7 Å². The van der Waals surface area contributed by atoms with E-state index in [2.05, 4.69) is 0 Å². The van der Waals surface area contributed by atoms with Gasteiger partial charge in [-0.3, -0.25) is 0 Å². The lowest BCUT2D eigenvalue weighted by atomic mass is 10.2. The number of anilines is 2. The fraction of sp³-hybridized carbons (Fsp3) is 0.0769. The molecule has 0 amide bonds. The van der Waals surface area contributed by atoms with Crippen LogP contribution in [0.5, 0.6) is 5.75 Å². The van der Waals surface area contributed by atoms with Crippen LogP contribution in [0.2, 0.25) is 5.02 Å². The predicted molar refractivity (Wildman–Crippen MR) is 71.1 cm³/mol. The molecular formula is C13H13ClN2O. The van der Waals surface area contributed by atoms with E-state index in [-0.39, 0.29) is 0 Å². The predicted octanol–water partition coefficient (Wildman–Crippen LogP) is 3.08. The van der Waals surface area contributed by atoms with Gasteiger partial charge in [0.05, 0.1) is 5.69 Å². The van der Waals surface area contributed by atoms with Gasteiger partial charge in [-0.1, -0.05) is 23.7 Å². The van der Waals surface area contributed by atoms with E-state index in [4.69, 9.17) is 27.8 Å². The van der Waals surface area contributed by atoms with Crippen LogP contribution >= 0.6 is 11.6 Å². The van der Waals surface area contributed by atoms with Crippen LogP contribution in [0, 0.1) is 0 Å². The Morgan fingerprint density at radius 1 is 1.00 bits per heavy atom. The van der Waals surface area contributed by atoms with Crippen LogP contribution in [-0.2, 0) is 6.61 Å². The van der Waals surface area contributed by atoms with E-state index < -0.39 is 0 Å². The first-order valence-electron chi connectivity index (χ1n) is 5.17. The van der Waals surface area contributed by atoms with Crippen LogP contribution in [0.1, 0.15) is 5.56 Å². The van der Waals surface area contributed by atoms with E-state index in [1.807, 2.05) is 24.3 Å². The molecule has 2 rings (SSSR count). The first-order valence-corrected chi connectivity index (χ1v) is 5.55. The molecule has 0 aliphatic carbocycles. The largest absolute Gasteiger partial charge is 0.487 e. The van der Waals surface area contributed by atoms with Crippen molar-refractivity contribution >= 4 is 23.0 Å². The number of halogens is 1. The maximum atomic E-state index is 5.80. The second kappa shape index (κ2) is 4.97. The number of hydrogen-bond donors (Lipinski definition) is 2. The number of nitrogen functional groups attached to an aromatic ring is 2. The number of ether oxygens (including phenoxy) is 1. The normalized spacial score (nSPS) is 10.2. The molecule has 4 heteroatoms. The van der Waals surface area contributed by atoms with Crippen molar-refractivity contribution in [2.45, 2.75) is 6.61 Å². The molecule has 0 aliphatic heterocycles. The van der Waals surface area contributed by atoms with Crippen molar-refractivity contribution in [3.63, 3.8) is 0 Å². The molecule has 0 heterocycles. The van der Waals surface area contributed by atoms with Crippen LogP contribution in [0.3, 0.4) is 0 Å². The van der Waals surface area contributed by atoms with Crippen molar-refractivity contribution in [2.24, 2.45) is 0 Å². The Bertz CT molecular complexity index is 511. The summed E-state index contributed by atoms with van der Waals surface area (Å²) in [5, 5.41) is 0.709. The standard InChI is InChI=1S/C13H13ClN2O/c14-10-3-1-9(2-4-10)8-17-13-6-5-11(15)7-12(13)16/h1-7H,8,15-16H2. The minimum atomic E-state index is 0.450. The van der Waals surface area contributed by atoms with E-state index in [9.17, 15) is 0 Å². The zero-order valence-electron chi connectivity index (χ0n) is 9.19. The monoisotopic (exact) mass is 248 g/mol. The molecule has 0 aliphatic rings. The molecule has 0 bridgehead atoms. The SMILES string of the molecule is Nc1ccc(OCc2ccc(Cl)cc2)c(N)c1. The van der Waals surface area contributed by atoms with Gasteiger partial charge in [-0.15, -0.1) is 0 Å². The topological polar surface area (TPSA) is 61.3 Å². The second-order valence-corrected chi connectivity index (χ2v) is 4.15. The zero-order chi connectivity index (χ0) is 12.3. The zero-order valence-corrected chi connectivity index (χ0v) is 9.95. The Labute approximate surface area is 105 Å². The summed E-state index contributed by atoms with van der Waals surface area (Å²) in [6.45, 7) is 0.450. The summed E-state index contributed by atoms with van der Waals surface area (Å²) < 4.78 is 5.59. The first kappa shape index (κ1) is 11.6. The average molecular weight is 249 g/mol. The Hall–Kier alpha value is -1.87. The molecule has 2 aromatic carbocycles. The molecule has 88 valence electrons. The lowest BCUT2D eigenvalue weighted by Gasteiger charge is -2.09. The maximum absolute atomic E-state index is 5.80. The van der Waals surface area contributed by atoms with Crippen LogP contribution < -0.4 is 16.2 Å². The molecule has 0 unspecified atom stereocenters. The Morgan fingerprint density at radius 2 is 1.71 bits per heavy atom. The Morgan fingerprint density at radius 3 is 2.35 bits per heavy atom. The van der Waals surface area contributed by atoms with Gasteiger partial charge in [-0.2, -0.15) is 0 Å². The van der Waals surface area contributed by atoms with Gasteiger partial charge in [0.25, 0.3) is 0 Å².